The van der Waals surface area contributed by atoms with Crippen molar-refractivity contribution in [2.75, 3.05) is 7.11 Å². The van der Waals surface area contributed by atoms with Gasteiger partial charge in [0, 0.05) is 24.2 Å². The van der Waals surface area contributed by atoms with Gasteiger partial charge in [0.25, 0.3) is 0 Å². The van der Waals surface area contributed by atoms with Gasteiger partial charge in [0.05, 0.1) is 7.11 Å². The lowest BCUT2D eigenvalue weighted by atomic mass is 10.1. The Balaban J connectivity index is 1.73. The van der Waals surface area contributed by atoms with Crippen molar-refractivity contribution < 1.29 is 4.74 Å². The van der Waals surface area contributed by atoms with E-state index in [4.69, 9.17) is 4.74 Å². The zero-order valence-corrected chi connectivity index (χ0v) is 11.2. The van der Waals surface area contributed by atoms with Crippen LogP contribution < -0.4 is 10.1 Å². The first kappa shape index (κ1) is 11.7. The summed E-state index contributed by atoms with van der Waals surface area (Å²) in [6, 6.07) is 6.81. The Labute approximate surface area is 111 Å². The second-order valence-electron chi connectivity index (χ2n) is 4.46. The van der Waals surface area contributed by atoms with E-state index in [2.05, 4.69) is 22.4 Å². The molecule has 0 spiro atoms. The van der Waals surface area contributed by atoms with E-state index < -0.39 is 0 Å². The van der Waals surface area contributed by atoms with Crippen molar-refractivity contribution in [1.29, 1.82) is 0 Å². The number of benzene rings is 1. The molecule has 2 aromatic rings. The van der Waals surface area contributed by atoms with Crippen molar-refractivity contribution in [3.63, 3.8) is 0 Å². The second-order valence-corrected chi connectivity index (χ2v) is 5.44. The van der Waals surface area contributed by atoms with E-state index in [1.807, 2.05) is 17.6 Å². The fourth-order valence-electron chi connectivity index (χ4n) is 2.47. The number of rotatable bonds is 4. The van der Waals surface area contributed by atoms with Gasteiger partial charge in [-0.05, 0) is 36.1 Å². The monoisotopic (exact) mass is 260 g/mol. The van der Waals surface area contributed by atoms with Crippen molar-refractivity contribution in [1.82, 2.24) is 10.3 Å². The summed E-state index contributed by atoms with van der Waals surface area (Å²) in [6.45, 7) is 0.846. The Hall–Kier alpha value is -1.39. The third-order valence-electron chi connectivity index (χ3n) is 3.41. The van der Waals surface area contributed by atoms with E-state index in [-0.39, 0.29) is 0 Å². The van der Waals surface area contributed by atoms with Crippen LogP contribution in [0.5, 0.6) is 5.75 Å². The minimum absolute atomic E-state index is 0.430. The Kier molecular flexibility index (Phi) is 3.30. The number of nitrogens with one attached hydrogen (secondary N) is 1. The van der Waals surface area contributed by atoms with Crippen LogP contribution in [0.2, 0.25) is 0 Å². The molecule has 1 atom stereocenters. The minimum atomic E-state index is 0.430. The molecule has 0 fully saturated rings. The number of hydrogen-bond acceptors (Lipinski definition) is 4. The zero-order valence-electron chi connectivity index (χ0n) is 10.3. The summed E-state index contributed by atoms with van der Waals surface area (Å²) >= 11 is 1.70. The molecule has 94 valence electrons. The average Bonchev–Trinajstić information content (AvgIpc) is 3.05. The molecule has 1 aromatic heterocycles. The van der Waals surface area contributed by atoms with Crippen LogP contribution in [0.1, 0.15) is 28.6 Å². The second kappa shape index (κ2) is 5.08. The van der Waals surface area contributed by atoms with Gasteiger partial charge in [0.1, 0.15) is 10.8 Å². The molecule has 3 nitrogen and oxygen atoms in total. The van der Waals surface area contributed by atoms with Crippen LogP contribution in [-0.2, 0) is 13.0 Å². The lowest BCUT2D eigenvalue weighted by molar-refractivity contribution is 0.413. The minimum Gasteiger partial charge on any atom is -0.497 e. The maximum atomic E-state index is 5.30. The molecule has 0 saturated carbocycles. The lowest BCUT2D eigenvalue weighted by Crippen LogP contribution is -2.18. The Morgan fingerprint density at radius 1 is 1.50 bits per heavy atom. The van der Waals surface area contributed by atoms with Gasteiger partial charge in [-0.25, -0.2) is 4.98 Å². The van der Waals surface area contributed by atoms with Crippen molar-refractivity contribution in [2.24, 2.45) is 0 Å². The van der Waals surface area contributed by atoms with Crippen molar-refractivity contribution in [3.05, 3.63) is 45.9 Å². The Morgan fingerprint density at radius 2 is 2.44 bits per heavy atom. The summed E-state index contributed by atoms with van der Waals surface area (Å²) in [7, 11) is 1.72. The first-order valence-electron chi connectivity index (χ1n) is 6.15. The topological polar surface area (TPSA) is 34.1 Å². The number of aryl methyl sites for hydroxylation is 1. The Bertz CT molecular complexity index is 525. The summed E-state index contributed by atoms with van der Waals surface area (Å²) in [5, 5.41) is 6.75. The number of fused-ring (bicyclic) bond motifs is 1. The number of thiazole rings is 1. The van der Waals surface area contributed by atoms with E-state index in [0.717, 1.165) is 30.1 Å². The van der Waals surface area contributed by atoms with Crippen LogP contribution >= 0.6 is 11.3 Å². The van der Waals surface area contributed by atoms with Gasteiger partial charge in [0.2, 0.25) is 0 Å². The molecule has 1 aliphatic rings. The van der Waals surface area contributed by atoms with Crippen LogP contribution in [-0.4, -0.2) is 12.1 Å². The molecular formula is C14H16N2OS. The summed E-state index contributed by atoms with van der Waals surface area (Å²) in [4.78, 5) is 4.30. The standard InChI is InChI=1S/C14H16N2OS/c1-17-11-4-2-10-3-5-13(12(10)8-11)16-9-14-15-6-7-18-14/h2,4,6-8,13,16H,3,5,9H2,1H3. The fraction of sp³-hybridized carbons (Fsp3) is 0.357. The van der Waals surface area contributed by atoms with E-state index in [0.29, 0.717) is 6.04 Å². The van der Waals surface area contributed by atoms with Crippen LogP contribution in [0.15, 0.2) is 29.8 Å². The third kappa shape index (κ3) is 2.26. The third-order valence-corrected chi connectivity index (χ3v) is 4.19. The molecule has 1 N–H and O–H groups in total. The maximum absolute atomic E-state index is 5.30. The summed E-state index contributed by atoms with van der Waals surface area (Å²) in [5.41, 5.74) is 2.82. The number of ether oxygens (including phenoxy) is 1. The highest BCUT2D eigenvalue weighted by Crippen LogP contribution is 2.33. The van der Waals surface area contributed by atoms with Crippen molar-refractivity contribution >= 4 is 11.3 Å². The highest BCUT2D eigenvalue weighted by atomic mass is 32.1. The molecule has 1 unspecified atom stereocenters. The van der Waals surface area contributed by atoms with Gasteiger partial charge >= 0.3 is 0 Å². The summed E-state index contributed by atoms with van der Waals surface area (Å²) in [6.07, 6.45) is 4.16. The molecule has 3 rings (SSSR count). The highest BCUT2D eigenvalue weighted by Gasteiger charge is 2.22. The number of methoxy groups -OCH3 is 1. The molecule has 0 saturated heterocycles. The van der Waals surface area contributed by atoms with Gasteiger partial charge in [-0.1, -0.05) is 6.07 Å². The largest absolute Gasteiger partial charge is 0.497 e. The van der Waals surface area contributed by atoms with Gasteiger partial charge in [0.15, 0.2) is 0 Å². The predicted octanol–water partition coefficient (Wildman–Crippen LogP) is 2.93. The van der Waals surface area contributed by atoms with E-state index in [9.17, 15) is 0 Å². The average molecular weight is 260 g/mol. The van der Waals surface area contributed by atoms with Gasteiger partial charge in [-0.2, -0.15) is 0 Å². The fourth-order valence-corrected chi connectivity index (χ4v) is 3.04. The first-order chi connectivity index (χ1) is 8.86. The van der Waals surface area contributed by atoms with Crippen molar-refractivity contribution in [2.45, 2.75) is 25.4 Å². The molecule has 0 aliphatic heterocycles. The predicted molar refractivity (Wildman–Crippen MR) is 73.0 cm³/mol. The molecule has 18 heavy (non-hydrogen) atoms. The van der Waals surface area contributed by atoms with E-state index in [1.54, 1.807) is 18.4 Å². The van der Waals surface area contributed by atoms with E-state index in [1.165, 1.54) is 11.1 Å². The lowest BCUT2D eigenvalue weighted by Gasteiger charge is -2.13. The molecule has 1 heterocycles. The SMILES string of the molecule is COc1ccc2c(c1)C(NCc1nccs1)CC2. The molecular weight excluding hydrogens is 244 g/mol. The summed E-state index contributed by atoms with van der Waals surface area (Å²) < 4.78 is 5.30. The Morgan fingerprint density at radius 3 is 3.22 bits per heavy atom. The van der Waals surface area contributed by atoms with Gasteiger partial charge < -0.3 is 10.1 Å². The van der Waals surface area contributed by atoms with Crippen LogP contribution in [0.25, 0.3) is 0 Å². The van der Waals surface area contributed by atoms with Gasteiger partial charge in [-0.15, -0.1) is 11.3 Å². The molecule has 4 heteroatoms. The normalized spacial score (nSPS) is 17.7. The maximum Gasteiger partial charge on any atom is 0.119 e. The highest BCUT2D eigenvalue weighted by molar-refractivity contribution is 7.09. The smallest absolute Gasteiger partial charge is 0.119 e. The van der Waals surface area contributed by atoms with Crippen LogP contribution in [0.4, 0.5) is 0 Å². The molecule has 1 aliphatic carbocycles. The number of aromatic nitrogens is 1. The quantitative estimate of drug-likeness (QED) is 0.917. The zero-order chi connectivity index (χ0) is 12.4. The number of hydrogen-bond donors (Lipinski definition) is 1. The molecule has 0 radical (unpaired) electrons. The van der Waals surface area contributed by atoms with E-state index >= 15 is 0 Å². The number of nitrogens with zero attached hydrogens (tertiary/aromatic N) is 1. The molecule has 0 bridgehead atoms. The molecule has 1 aromatic carbocycles. The van der Waals surface area contributed by atoms with Crippen molar-refractivity contribution in [3.8, 4) is 5.75 Å². The summed E-state index contributed by atoms with van der Waals surface area (Å²) in [5.74, 6) is 0.941. The van der Waals surface area contributed by atoms with Crippen LogP contribution in [0.3, 0.4) is 0 Å². The first-order valence-corrected chi connectivity index (χ1v) is 7.03. The van der Waals surface area contributed by atoms with Crippen LogP contribution in [0, 0.1) is 0 Å². The van der Waals surface area contributed by atoms with Gasteiger partial charge in [-0.3, -0.25) is 0 Å². The molecule has 0 amide bonds.